The van der Waals surface area contributed by atoms with Gasteiger partial charge in [-0.05, 0) is 37.5 Å². The van der Waals surface area contributed by atoms with Crippen LogP contribution in [0.1, 0.15) is 32.6 Å². The molecule has 0 spiro atoms. The van der Waals surface area contributed by atoms with Crippen molar-refractivity contribution < 1.29 is 4.74 Å². The second-order valence-electron chi connectivity index (χ2n) is 7.45. The molecule has 0 fully saturated rings. The average Bonchev–Trinajstić information content (AvgIpc) is 3.08. The van der Waals surface area contributed by atoms with Crippen LogP contribution in [-0.2, 0) is 11.8 Å². The standard InChI is InChI=1S/C21H28N4O/c1-4-15-11-17(16-7-9-26-10-8-16)5-6-19(15)25(3)21-12-20-18(13-22-21)23-14-24(20)2/h6-7,12-15,17H,4-5,8-11H2,1-3H3/t15-,17-/m0/s1. The molecule has 2 aliphatic rings. The number of rotatable bonds is 4. The van der Waals surface area contributed by atoms with Crippen molar-refractivity contribution in [3.63, 3.8) is 0 Å². The largest absolute Gasteiger partial charge is 0.377 e. The lowest BCUT2D eigenvalue weighted by Gasteiger charge is -2.36. The summed E-state index contributed by atoms with van der Waals surface area (Å²) in [5.41, 5.74) is 5.07. The van der Waals surface area contributed by atoms with Crippen LogP contribution in [0.4, 0.5) is 5.82 Å². The lowest BCUT2D eigenvalue weighted by atomic mass is 9.77. The molecule has 0 N–H and O–H groups in total. The van der Waals surface area contributed by atoms with Crippen LogP contribution >= 0.6 is 0 Å². The third kappa shape index (κ3) is 3.16. The van der Waals surface area contributed by atoms with Gasteiger partial charge in [-0.3, -0.25) is 0 Å². The molecule has 3 heterocycles. The normalized spacial score (nSPS) is 23.7. The fraction of sp³-hybridized carbons (Fsp3) is 0.524. The van der Waals surface area contributed by atoms with Crippen LogP contribution in [0.2, 0.25) is 0 Å². The van der Waals surface area contributed by atoms with Crippen molar-refractivity contribution in [1.29, 1.82) is 0 Å². The highest BCUT2D eigenvalue weighted by Gasteiger charge is 2.28. The first kappa shape index (κ1) is 17.3. The summed E-state index contributed by atoms with van der Waals surface area (Å²) in [7, 11) is 4.17. The molecule has 2 atom stereocenters. The average molecular weight is 352 g/mol. The van der Waals surface area contributed by atoms with Gasteiger partial charge in [0.1, 0.15) is 11.3 Å². The molecule has 5 nitrogen and oxygen atoms in total. The molecule has 0 radical (unpaired) electrons. The molecule has 5 heteroatoms. The molecular formula is C21H28N4O. The number of allylic oxidation sites excluding steroid dienone is 2. The van der Waals surface area contributed by atoms with Gasteiger partial charge in [0.15, 0.2) is 0 Å². The number of ether oxygens (including phenoxy) is 1. The molecule has 0 saturated carbocycles. The van der Waals surface area contributed by atoms with Gasteiger partial charge >= 0.3 is 0 Å². The Labute approximate surface area is 155 Å². The number of anilines is 1. The van der Waals surface area contributed by atoms with Crippen LogP contribution in [0.5, 0.6) is 0 Å². The van der Waals surface area contributed by atoms with Gasteiger partial charge in [0.25, 0.3) is 0 Å². The van der Waals surface area contributed by atoms with E-state index in [1.807, 2.05) is 19.6 Å². The summed E-state index contributed by atoms with van der Waals surface area (Å²) in [6.45, 7) is 3.96. The zero-order valence-electron chi connectivity index (χ0n) is 16.0. The molecule has 0 unspecified atom stereocenters. The van der Waals surface area contributed by atoms with Crippen molar-refractivity contribution in [2.24, 2.45) is 18.9 Å². The number of imidazole rings is 1. The number of fused-ring (bicyclic) bond motifs is 1. The van der Waals surface area contributed by atoms with E-state index < -0.39 is 0 Å². The maximum absolute atomic E-state index is 5.48. The Morgan fingerprint density at radius 1 is 1.31 bits per heavy atom. The summed E-state index contributed by atoms with van der Waals surface area (Å²) in [4.78, 5) is 11.3. The summed E-state index contributed by atoms with van der Waals surface area (Å²) in [6, 6.07) is 2.14. The van der Waals surface area contributed by atoms with E-state index in [0.29, 0.717) is 11.8 Å². The summed E-state index contributed by atoms with van der Waals surface area (Å²) < 4.78 is 7.53. The fourth-order valence-electron chi connectivity index (χ4n) is 4.33. The maximum atomic E-state index is 5.48. The lowest BCUT2D eigenvalue weighted by molar-refractivity contribution is 0.149. The van der Waals surface area contributed by atoms with Crippen molar-refractivity contribution in [2.45, 2.75) is 32.6 Å². The van der Waals surface area contributed by atoms with Gasteiger partial charge < -0.3 is 14.2 Å². The van der Waals surface area contributed by atoms with Crippen LogP contribution in [0.3, 0.4) is 0 Å². The van der Waals surface area contributed by atoms with E-state index in [0.717, 1.165) is 49.3 Å². The number of aryl methyl sites for hydroxylation is 1. The minimum absolute atomic E-state index is 0.575. The molecular weight excluding hydrogens is 324 g/mol. The topological polar surface area (TPSA) is 43.2 Å². The van der Waals surface area contributed by atoms with Crippen molar-refractivity contribution in [2.75, 3.05) is 25.2 Å². The Bertz CT molecular complexity index is 851. The molecule has 0 saturated heterocycles. The minimum Gasteiger partial charge on any atom is -0.377 e. The predicted molar refractivity (Wildman–Crippen MR) is 105 cm³/mol. The summed E-state index contributed by atoms with van der Waals surface area (Å²) in [5, 5.41) is 0. The van der Waals surface area contributed by atoms with E-state index in [1.54, 1.807) is 5.57 Å². The van der Waals surface area contributed by atoms with Crippen molar-refractivity contribution in [3.05, 3.63) is 42.0 Å². The van der Waals surface area contributed by atoms with E-state index >= 15 is 0 Å². The van der Waals surface area contributed by atoms with Gasteiger partial charge in [0, 0.05) is 25.9 Å². The third-order valence-electron chi connectivity index (χ3n) is 5.94. The van der Waals surface area contributed by atoms with Crippen molar-refractivity contribution >= 4 is 16.9 Å². The highest BCUT2D eigenvalue weighted by Crippen LogP contribution is 2.39. The molecule has 138 valence electrons. The number of aromatic nitrogens is 3. The molecule has 1 aliphatic carbocycles. The van der Waals surface area contributed by atoms with Crippen LogP contribution in [0.15, 0.2) is 42.0 Å². The van der Waals surface area contributed by atoms with E-state index in [9.17, 15) is 0 Å². The van der Waals surface area contributed by atoms with Gasteiger partial charge in [0.2, 0.25) is 0 Å². The van der Waals surface area contributed by atoms with Crippen LogP contribution in [0, 0.1) is 11.8 Å². The molecule has 26 heavy (non-hydrogen) atoms. The molecule has 2 aromatic rings. The molecule has 1 aliphatic heterocycles. The Hall–Kier alpha value is -2.14. The number of nitrogens with zero attached hydrogens (tertiary/aromatic N) is 4. The molecule has 0 bridgehead atoms. The highest BCUT2D eigenvalue weighted by molar-refractivity contribution is 5.77. The smallest absolute Gasteiger partial charge is 0.134 e. The lowest BCUT2D eigenvalue weighted by Crippen LogP contribution is -2.29. The zero-order chi connectivity index (χ0) is 18.1. The predicted octanol–water partition coefficient (Wildman–Crippen LogP) is 4.07. The molecule has 0 amide bonds. The van der Waals surface area contributed by atoms with E-state index in [4.69, 9.17) is 4.74 Å². The number of hydrogen-bond donors (Lipinski definition) is 0. The monoisotopic (exact) mass is 352 g/mol. The van der Waals surface area contributed by atoms with Gasteiger partial charge in [-0.2, -0.15) is 0 Å². The SMILES string of the molecule is CC[C@H]1C[C@@H](C2=CCOCC2)CC=C1N(C)c1cc2c(cn1)ncn2C. The van der Waals surface area contributed by atoms with Crippen molar-refractivity contribution in [1.82, 2.24) is 14.5 Å². The second kappa shape index (κ2) is 7.23. The second-order valence-corrected chi connectivity index (χ2v) is 7.45. The van der Waals surface area contributed by atoms with Gasteiger partial charge in [-0.15, -0.1) is 0 Å². The molecule has 0 aromatic carbocycles. The summed E-state index contributed by atoms with van der Waals surface area (Å²) in [6.07, 6.45) is 13.1. The Morgan fingerprint density at radius 3 is 2.96 bits per heavy atom. The Morgan fingerprint density at radius 2 is 2.19 bits per heavy atom. The zero-order valence-corrected chi connectivity index (χ0v) is 16.0. The minimum atomic E-state index is 0.575. The molecule has 4 rings (SSSR count). The van der Waals surface area contributed by atoms with Crippen LogP contribution in [-0.4, -0.2) is 34.8 Å². The van der Waals surface area contributed by atoms with Gasteiger partial charge in [-0.1, -0.05) is 24.6 Å². The quantitative estimate of drug-likeness (QED) is 0.778. The Balaban J connectivity index is 1.59. The molecule has 2 aromatic heterocycles. The van der Waals surface area contributed by atoms with E-state index in [2.05, 4.69) is 51.6 Å². The van der Waals surface area contributed by atoms with Crippen LogP contribution in [0.25, 0.3) is 11.0 Å². The first-order chi connectivity index (χ1) is 12.7. The fourth-order valence-corrected chi connectivity index (χ4v) is 4.33. The summed E-state index contributed by atoms with van der Waals surface area (Å²) in [5.74, 6) is 2.24. The van der Waals surface area contributed by atoms with Crippen molar-refractivity contribution in [3.8, 4) is 0 Å². The van der Waals surface area contributed by atoms with E-state index in [-0.39, 0.29) is 0 Å². The van der Waals surface area contributed by atoms with Gasteiger partial charge in [0.05, 0.1) is 31.3 Å². The van der Waals surface area contributed by atoms with Gasteiger partial charge in [-0.25, -0.2) is 9.97 Å². The highest BCUT2D eigenvalue weighted by atomic mass is 16.5. The third-order valence-corrected chi connectivity index (χ3v) is 5.94. The Kier molecular flexibility index (Phi) is 4.81. The summed E-state index contributed by atoms with van der Waals surface area (Å²) >= 11 is 0. The number of pyridine rings is 1. The van der Waals surface area contributed by atoms with E-state index in [1.165, 1.54) is 12.1 Å². The number of hydrogen-bond acceptors (Lipinski definition) is 4. The first-order valence-corrected chi connectivity index (χ1v) is 9.65. The van der Waals surface area contributed by atoms with Crippen LogP contribution < -0.4 is 4.90 Å². The maximum Gasteiger partial charge on any atom is 0.134 e. The first-order valence-electron chi connectivity index (χ1n) is 9.65.